The Balaban J connectivity index is 1.87. The average Bonchev–Trinajstić information content (AvgIpc) is 3.25. The van der Waals surface area contributed by atoms with Crippen LogP contribution >= 0.6 is 11.6 Å². The number of hydrogen-bond donors (Lipinski definition) is 2. The Hall–Kier alpha value is -0.743. The summed E-state index contributed by atoms with van der Waals surface area (Å²) in [6, 6.07) is 0. The van der Waals surface area contributed by atoms with Gasteiger partial charge < -0.3 is 28.8 Å². The lowest BCUT2D eigenvalue weighted by molar-refractivity contribution is -0.161. The molecule has 2 heterocycles. The van der Waals surface area contributed by atoms with Gasteiger partial charge in [-0.2, -0.15) is 0 Å². The number of aliphatic hydroxyl groups excluding tert-OH is 1. The SMILES string of the molecule is C/C(=C/C/C=C(\Cl)CC[C@@H]1C[C@H](O)[C@@H]([C@H]2COC(C)(C)O2)O1)C(CC(=O)O)O[Si](C)(C)C(C)(C)C. The predicted molar refractivity (Wildman–Crippen MR) is 140 cm³/mol. The molecule has 2 aliphatic heterocycles. The largest absolute Gasteiger partial charge is 0.481 e. The molecule has 2 saturated heterocycles. The predicted octanol–water partition coefficient (Wildman–Crippen LogP) is 5.76. The number of rotatable bonds is 11. The van der Waals surface area contributed by atoms with Crippen molar-refractivity contribution in [2.24, 2.45) is 0 Å². The summed E-state index contributed by atoms with van der Waals surface area (Å²) in [5.41, 5.74) is 0.907. The molecule has 7 nitrogen and oxygen atoms in total. The summed E-state index contributed by atoms with van der Waals surface area (Å²) >= 11 is 6.46. The van der Waals surface area contributed by atoms with Crippen molar-refractivity contribution in [2.45, 2.75) is 128 Å². The molecule has 0 aromatic heterocycles. The number of carboxylic acid groups (broad SMARTS) is 1. The van der Waals surface area contributed by atoms with Crippen LogP contribution in [0.25, 0.3) is 0 Å². The highest BCUT2D eigenvalue weighted by atomic mass is 35.5. The second-order valence-corrected chi connectivity index (χ2v) is 17.0. The summed E-state index contributed by atoms with van der Waals surface area (Å²) in [4.78, 5) is 11.4. The Morgan fingerprint density at radius 2 is 1.94 bits per heavy atom. The summed E-state index contributed by atoms with van der Waals surface area (Å²) in [5, 5.41) is 20.5. The van der Waals surface area contributed by atoms with E-state index in [2.05, 4.69) is 33.9 Å². The highest BCUT2D eigenvalue weighted by molar-refractivity contribution is 6.74. The summed E-state index contributed by atoms with van der Waals surface area (Å²) in [6.45, 7) is 16.7. The zero-order valence-corrected chi connectivity index (χ0v) is 24.4. The van der Waals surface area contributed by atoms with Gasteiger partial charge in [-0.3, -0.25) is 4.79 Å². The number of hydrogen-bond acceptors (Lipinski definition) is 6. The molecule has 2 fully saturated rings. The van der Waals surface area contributed by atoms with Gasteiger partial charge in [0.1, 0.15) is 12.2 Å². The number of carbonyl (C=O) groups is 1. The molecule has 2 aliphatic rings. The maximum Gasteiger partial charge on any atom is 0.306 e. The first-order valence-corrected chi connectivity index (χ1v) is 15.9. The van der Waals surface area contributed by atoms with E-state index in [-0.39, 0.29) is 29.8 Å². The summed E-state index contributed by atoms with van der Waals surface area (Å²) < 4.78 is 23.9. The Bertz CT molecular complexity index is 787. The van der Waals surface area contributed by atoms with Crippen molar-refractivity contribution in [1.29, 1.82) is 0 Å². The first-order chi connectivity index (χ1) is 16.0. The third kappa shape index (κ3) is 9.25. The van der Waals surface area contributed by atoms with Crippen molar-refractivity contribution in [2.75, 3.05) is 6.61 Å². The maximum absolute atomic E-state index is 11.4. The molecule has 0 amide bonds. The van der Waals surface area contributed by atoms with Crippen molar-refractivity contribution in [3.05, 3.63) is 22.8 Å². The fraction of sp³-hybridized carbons (Fsp3) is 0.808. The van der Waals surface area contributed by atoms with Crippen molar-refractivity contribution >= 4 is 25.9 Å². The molecule has 0 radical (unpaired) electrons. The topological polar surface area (TPSA) is 94.5 Å². The number of ether oxygens (including phenoxy) is 3. The summed E-state index contributed by atoms with van der Waals surface area (Å²) in [6.07, 6.45) is 4.61. The number of aliphatic carboxylic acids is 1. The van der Waals surface area contributed by atoms with Crippen LogP contribution in [0.2, 0.25) is 18.1 Å². The molecule has 0 aromatic rings. The van der Waals surface area contributed by atoms with Gasteiger partial charge in [-0.15, -0.1) is 0 Å². The fourth-order valence-corrected chi connectivity index (χ4v) is 5.59. The van der Waals surface area contributed by atoms with E-state index in [0.29, 0.717) is 32.3 Å². The van der Waals surface area contributed by atoms with Crippen molar-refractivity contribution < 1.29 is 33.6 Å². The number of halogens is 1. The van der Waals surface area contributed by atoms with Gasteiger partial charge in [0.2, 0.25) is 0 Å². The lowest BCUT2D eigenvalue weighted by Crippen LogP contribution is -2.44. The van der Waals surface area contributed by atoms with Gasteiger partial charge in [0, 0.05) is 11.5 Å². The second-order valence-electron chi connectivity index (χ2n) is 11.7. The van der Waals surface area contributed by atoms with Gasteiger partial charge in [0.25, 0.3) is 0 Å². The summed E-state index contributed by atoms with van der Waals surface area (Å²) in [7, 11) is -2.11. The standard InChI is InChI=1S/C26H45ClO7Si/c1-17(21(15-23(29)30)34-35(7,8)25(2,3)4)10-9-11-18(27)12-13-19-14-20(28)24(32-19)22-16-31-26(5,6)33-22/h10-11,19-22,24,28H,9,12-16H2,1-8H3,(H,29,30)/b17-10-,18-11-/t19-,20+,21?,22-,24+/m1/s1. The van der Waals surface area contributed by atoms with Crippen LogP contribution in [0.4, 0.5) is 0 Å². The molecule has 0 aliphatic carbocycles. The lowest BCUT2D eigenvalue weighted by Gasteiger charge is -2.39. The van der Waals surface area contributed by atoms with Crippen LogP contribution < -0.4 is 0 Å². The number of carboxylic acids is 1. The highest BCUT2D eigenvalue weighted by Gasteiger charge is 2.45. The fourth-order valence-electron chi connectivity index (χ4n) is 4.06. The molecule has 202 valence electrons. The molecule has 2 rings (SSSR count). The summed E-state index contributed by atoms with van der Waals surface area (Å²) in [5.74, 6) is -1.52. The Kier molecular flexibility index (Phi) is 10.6. The van der Waals surface area contributed by atoms with Crippen molar-refractivity contribution in [3.8, 4) is 0 Å². The maximum atomic E-state index is 11.4. The minimum atomic E-state index is -2.11. The minimum absolute atomic E-state index is 0.00471. The average molecular weight is 533 g/mol. The second kappa shape index (κ2) is 12.2. The quantitative estimate of drug-likeness (QED) is 0.258. The van der Waals surface area contributed by atoms with E-state index in [1.807, 2.05) is 32.9 Å². The molecule has 9 heteroatoms. The van der Waals surface area contributed by atoms with E-state index in [0.717, 1.165) is 10.6 Å². The van der Waals surface area contributed by atoms with Crippen molar-refractivity contribution in [3.63, 3.8) is 0 Å². The lowest BCUT2D eigenvalue weighted by atomic mass is 10.0. The molecule has 5 atom stereocenters. The monoisotopic (exact) mass is 532 g/mol. The first-order valence-electron chi connectivity index (χ1n) is 12.6. The van der Waals surface area contributed by atoms with E-state index in [9.17, 15) is 15.0 Å². The van der Waals surface area contributed by atoms with E-state index >= 15 is 0 Å². The van der Waals surface area contributed by atoms with Crippen LogP contribution in [0.3, 0.4) is 0 Å². The molecule has 35 heavy (non-hydrogen) atoms. The Labute approximate surface area is 216 Å². The third-order valence-electron chi connectivity index (χ3n) is 7.23. The van der Waals surface area contributed by atoms with Crippen LogP contribution in [-0.4, -0.2) is 67.4 Å². The zero-order chi connectivity index (χ0) is 26.6. The van der Waals surface area contributed by atoms with Crippen LogP contribution in [-0.2, 0) is 23.4 Å². The zero-order valence-electron chi connectivity index (χ0n) is 22.6. The third-order valence-corrected chi connectivity index (χ3v) is 12.1. The van der Waals surface area contributed by atoms with Gasteiger partial charge in [-0.05, 0) is 63.7 Å². The first kappa shape index (κ1) is 30.5. The van der Waals surface area contributed by atoms with Crippen LogP contribution in [0.5, 0.6) is 0 Å². The number of allylic oxidation sites excluding steroid dienone is 3. The molecule has 0 aromatic carbocycles. The van der Waals surface area contributed by atoms with E-state index in [4.69, 9.17) is 30.2 Å². The molecule has 0 saturated carbocycles. The molecule has 0 spiro atoms. The van der Waals surface area contributed by atoms with E-state index in [1.165, 1.54) is 0 Å². The molecule has 0 bridgehead atoms. The smallest absolute Gasteiger partial charge is 0.306 e. The number of aliphatic hydroxyl groups is 1. The van der Waals surface area contributed by atoms with Crippen LogP contribution in [0.15, 0.2) is 22.8 Å². The van der Waals surface area contributed by atoms with Gasteiger partial charge in [-0.25, -0.2) is 0 Å². The molecular weight excluding hydrogens is 488 g/mol. The Morgan fingerprint density at radius 1 is 1.29 bits per heavy atom. The van der Waals surface area contributed by atoms with E-state index < -0.39 is 32.3 Å². The van der Waals surface area contributed by atoms with Gasteiger partial charge >= 0.3 is 5.97 Å². The van der Waals surface area contributed by atoms with Gasteiger partial charge in [-0.1, -0.05) is 44.5 Å². The van der Waals surface area contributed by atoms with Crippen molar-refractivity contribution in [1.82, 2.24) is 0 Å². The molecule has 1 unspecified atom stereocenters. The van der Waals surface area contributed by atoms with Crippen LogP contribution in [0.1, 0.15) is 73.6 Å². The van der Waals surface area contributed by atoms with Gasteiger partial charge in [0.15, 0.2) is 14.1 Å². The minimum Gasteiger partial charge on any atom is -0.481 e. The van der Waals surface area contributed by atoms with Crippen LogP contribution in [0, 0.1) is 0 Å². The van der Waals surface area contributed by atoms with E-state index in [1.54, 1.807) is 0 Å². The Morgan fingerprint density at radius 3 is 2.49 bits per heavy atom. The van der Waals surface area contributed by atoms with Gasteiger partial charge in [0.05, 0.1) is 31.3 Å². The molecule has 2 N–H and O–H groups in total. The highest BCUT2D eigenvalue weighted by Crippen LogP contribution is 2.38. The molecular formula is C26H45ClO7Si. The normalized spacial score (nSPS) is 29.0.